The maximum Gasteiger partial charge on any atom is 0.0940 e. The third kappa shape index (κ3) is 4.17. The maximum absolute atomic E-state index is 10.3. The molecular formula is C16H31NO3. The summed E-state index contributed by atoms with van der Waals surface area (Å²) in [6.07, 6.45) is 2.82. The maximum atomic E-state index is 10.3. The first-order valence-corrected chi connectivity index (χ1v) is 7.90. The fourth-order valence-electron chi connectivity index (χ4n) is 3.89. The summed E-state index contributed by atoms with van der Waals surface area (Å²) in [5.74, 6) is 0.340. The Morgan fingerprint density at radius 3 is 2.60 bits per heavy atom. The molecule has 2 aliphatic rings. The van der Waals surface area contributed by atoms with E-state index in [4.69, 9.17) is 4.74 Å². The van der Waals surface area contributed by atoms with Gasteiger partial charge in [-0.3, -0.25) is 4.90 Å². The fraction of sp³-hybridized carbons (Fsp3) is 1.00. The van der Waals surface area contributed by atoms with Gasteiger partial charge in [-0.2, -0.15) is 0 Å². The molecule has 0 aromatic carbocycles. The van der Waals surface area contributed by atoms with Crippen LogP contribution in [0.5, 0.6) is 0 Å². The lowest BCUT2D eigenvalue weighted by Gasteiger charge is -2.46. The lowest BCUT2D eigenvalue weighted by atomic mass is 9.70. The van der Waals surface area contributed by atoms with E-state index in [2.05, 4.69) is 32.6 Å². The van der Waals surface area contributed by atoms with Crippen LogP contribution in [0.15, 0.2) is 0 Å². The van der Waals surface area contributed by atoms with Gasteiger partial charge in [-0.15, -0.1) is 0 Å². The van der Waals surface area contributed by atoms with Gasteiger partial charge in [0.2, 0.25) is 0 Å². The number of ether oxygens (including phenoxy) is 1. The second-order valence-electron chi connectivity index (χ2n) is 8.11. The van der Waals surface area contributed by atoms with Gasteiger partial charge in [-0.05, 0) is 44.4 Å². The molecule has 0 bridgehead atoms. The van der Waals surface area contributed by atoms with E-state index in [1.54, 1.807) is 0 Å². The smallest absolute Gasteiger partial charge is 0.0940 e. The van der Waals surface area contributed by atoms with Gasteiger partial charge >= 0.3 is 0 Å². The van der Waals surface area contributed by atoms with Crippen molar-refractivity contribution >= 4 is 0 Å². The predicted octanol–water partition coefficient (Wildman–Crippen LogP) is 1.65. The number of morpholine rings is 1. The molecule has 1 saturated heterocycles. The van der Waals surface area contributed by atoms with Crippen LogP contribution in [-0.4, -0.2) is 59.2 Å². The Morgan fingerprint density at radius 2 is 1.95 bits per heavy atom. The highest BCUT2D eigenvalue weighted by molar-refractivity contribution is 4.90. The van der Waals surface area contributed by atoms with E-state index < -0.39 is 0 Å². The van der Waals surface area contributed by atoms with Crippen molar-refractivity contribution in [3.8, 4) is 0 Å². The molecule has 0 spiro atoms. The summed E-state index contributed by atoms with van der Waals surface area (Å²) >= 11 is 0. The minimum absolute atomic E-state index is 0.0681. The number of hydrogen-bond acceptors (Lipinski definition) is 4. The Hall–Kier alpha value is -0.160. The van der Waals surface area contributed by atoms with Crippen LogP contribution in [0.25, 0.3) is 0 Å². The molecule has 0 aromatic heterocycles. The highest BCUT2D eigenvalue weighted by atomic mass is 16.5. The Kier molecular flexibility index (Phi) is 4.80. The number of aliphatic hydroxyl groups is 2. The van der Waals surface area contributed by atoms with E-state index in [9.17, 15) is 10.2 Å². The van der Waals surface area contributed by atoms with Crippen molar-refractivity contribution in [3.05, 3.63) is 0 Å². The zero-order valence-electron chi connectivity index (χ0n) is 13.4. The molecule has 2 fully saturated rings. The van der Waals surface area contributed by atoms with Crippen LogP contribution in [-0.2, 0) is 4.74 Å². The van der Waals surface area contributed by atoms with Gasteiger partial charge in [0.15, 0.2) is 0 Å². The summed E-state index contributed by atoms with van der Waals surface area (Å²) in [5, 5.41) is 19.7. The van der Waals surface area contributed by atoms with E-state index in [1.807, 2.05) is 0 Å². The summed E-state index contributed by atoms with van der Waals surface area (Å²) < 4.78 is 5.86. The zero-order valence-corrected chi connectivity index (χ0v) is 13.4. The Labute approximate surface area is 123 Å². The van der Waals surface area contributed by atoms with Crippen LogP contribution in [0.1, 0.15) is 47.0 Å². The van der Waals surface area contributed by atoms with Gasteiger partial charge in [-0.25, -0.2) is 0 Å². The SMILES string of the molecule is CC1(C)CCC(O)C(CN2CC(CO)OC(C)(C)C2)C1. The van der Waals surface area contributed by atoms with Crippen LogP contribution >= 0.6 is 0 Å². The van der Waals surface area contributed by atoms with Crippen molar-refractivity contribution in [1.82, 2.24) is 4.90 Å². The lowest BCUT2D eigenvalue weighted by molar-refractivity contribution is -0.154. The number of hydrogen-bond donors (Lipinski definition) is 2. The van der Waals surface area contributed by atoms with Gasteiger partial charge in [-0.1, -0.05) is 13.8 Å². The van der Waals surface area contributed by atoms with E-state index in [0.717, 1.165) is 38.9 Å². The summed E-state index contributed by atoms with van der Waals surface area (Å²) in [6.45, 7) is 11.4. The topological polar surface area (TPSA) is 52.9 Å². The van der Waals surface area contributed by atoms with E-state index >= 15 is 0 Å². The van der Waals surface area contributed by atoms with Crippen molar-refractivity contribution < 1.29 is 14.9 Å². The third-order valence-electron chi connectivity index (χ3n) is 4.72. The van der Waals surface area contributed by atoms with Gasteiger partial charge < -0.3 is 14.9 Å². The molecule has 1 heterocycles. The minimum Gasteiger partial charge on any atom is -0.394 e. The number of nitrogens with zero attached hydrogens (tertiary/aromatic N) is 1. The average molecular weight is 285 g/mol. The van der Waals surface area contributed by atoms with Crippen molar-refractivity contribution in [1.29, 1.82) is 0 Å². The molecule has 3 unspecified atom stereocenters. The highest BCUT2D eigenvalue weighted by Crippen LogP contribution is 2.39. The number of aliphatic hydroxyl groups excluding tert-OH is 2. The van der Waals surface area contributed by atoms with Crippen LogP contribution < -0.4 is 0 Å². The van der Waals surface area contributed by atoms with E-state index in [1.165, 1.54) is 0 Å². The highest BCUT2D eigenvalue weighted by Gasteiger charge is 2.38. The monoisotopic (exact) mass is 285 g/mol. The van der Waals surface area contributed by atoms with Crippen molar-refractivity contribution in [3.63, 3.8) is 0 Å². The average Bonchev–Trinajstić information content (AvgIpc) is 2.31. The molecular weight excluding hydrogens is 254 g/mol. The number of rotatable bonds is 3. The van der Waals surface area contributed by atoms with E-state index in [0.29, 0.717) is 11.3 Å². The molecule has 0 aromatic rings. The van der Waals surface area contributed by atoms with E-state index in [-0.39, 0.29) is 24.4 Å². The predicted molar refractivity (Wildman–Crippen MR) is 79.6 cm³/mol. The van der Waals surface area contributed by atoms with Gasteiger partial charge in [0.1, 0.15) is 0 Å². The Balaban J connectivity index is 1.97. The second kappa shape index (κ2) is 5.91. The molecule has 1 aliphatic heterocycles. The molecule has 2 rings (SSSR count). The molecule has 1 aliphatic carbocycles. The lowest BCUT2D eigenvalue weighted by Crippen LogP contribution is -2.55. The first-order valence-electron chi connectivity index (χ1n) is 7.90. The Morgan fingerprint density at radius 1 is 1.25 bits per heavy atom. The molecule has 20 heavy (non-hydrogen) atoms. The Bertz CT molecular complexity index is 330. The normalized spacial score (nSPS) is 37.8. The first-order chi connectivity index (χ1) is 9.21. The molecule has 0 amide bonds. The molecule has 3 atom stereocenters. The van der Waals surface area contributed by atoms with Crippen LogP contribution in [0.3, 0.4) is 0 Å². The first kappa shape index (κ1) is 16.2. The van der Waals surface area contributed by atoms with Crippen molar-refractivity contribution in [2.24, 2.45) is 11.3 Å². The van der Waals surface area contributed by atoms with Crippen molar-refractivity contribution in [2.45, 2.75) is 64.8 Å². The largest absolute Gasteiger partial charge is 0.394 e. The summed E-state index contributed by atoms with van der Waals surface area (Å²) in [6, 6.07) is 0. The molecule has 0 radical (unpaired) electrons. The standard InChI is InChI=1S/C16H31NO3/c1-15(2)6-5-14(19)12(7-15)8-17-9-13(10-18)20-16(3,4)11-17/h12-14,18-19H,5-11H2,1-4H3. The zero-order chi connectivity index (χ0) is 15.0. The van der Waals surface area contributed by atoms with Crippen LogP contribution in [0, 0.1) is 11.3 Å². The van der Waals surface area contributed by atoms with Crippen LogP contribution in [0.2, 0.25) is 0 Å². The fourth-order valence-corrected chi connectivity index (χ4v) is 3.89. The van der Waals surface area contributed by atoms with Crippen molar-refractivity contribution in [2.75, 3.05) is 26.2 Å². The van der Waals surface area contributed by atoms with Gasteiger partial charge in [0, 0.05) is 19.6 Å². The molecule has 2 N–H and O–H groups in total. The second-order valence-corrected chi connectivity index (χ2v) is 8.11. The third-order valence-corrected chi connectivity index (χ3v) is 4.72. The minimum atomic E-state index is -0.221. The summed E-state index contributed by atoms with van der Waals surface area (Å²) in [4.78, 5) is 2.36. The van der Waals surface area contributed by atoms with Gasteiger partial charge in [0.25, 0.3) is 0 Å². The molecule has 1 saturated carbocycles. The molecule has 118 valence electrons. The summed E-state index contributed by atoms with van der Waals surface area (Å²) in [7, 11) is 0. The quantitative estimate of drug-likeness (QED) is 0.828. The van der Waals surface area contributed by atoms with Gasteiger partial charge in [0.05, 0.1) is 24.4 Å². The molecule has 4 heteroatoms. The van der Waals surface area contributed by atoms with Crippen LogP contribution in [0.4, 0.5) is 0 Å². The molecule has 4 nitrogen and oxygen atoms in total. The summed E-state index contributed by atoms with van der Waals surface area (Å²) in [5.41, 5.74) is 0.114.